The van der Waals surface area contributed by atoms with Crippen LogP contribution in [0.15, 0.2) is 42.6 Å². The van der Waals surface area contributed by atoms with E-state index in [1.165, 1.54) is 16.1 Å². The molecule has 0 bridgehead atoms. The van der Waals surface area contributed by atoms with Crippen LogP contribution in [0.3, 0.4) is 0 Å². The topological polar surface area (TPSA) is 66.0 Å². The molecule has 1 aromatic heterocycles. The van der Waals surface area contributed by atoms with Gasteiger partial charge in [0.25, 0.3) is 0 Å². The Hall–Kier alpha value is -1.87. The highest BCUT2D eigenvalue weighted by molar-refractivity contribution is 7.88. The first-order chi connectivity index (χ1) is 13.9. The minimum atomic E-state index is -3.12. The van der Waals surface area contributed by atoms with Gasteiger partial charge < -0.3 is 9.64 Å². The van der Waals surface area contributed by atoms with E-state index >= 15 is 0 Å². The summed E-state index contributed by atoms with van der Waals surface area (Å²) in [6.07, 6.45) is 3.18. The number of rotatable bonds is 6. The van der Waals surface area contributed by atoms with Crippen molar-refractivity contribution in [2.24, 2.45) is 0 Å². The first-order valence-electron chi connectivity index (χ1n) is 9.66. The molecule has 0 amide bonds. The predicted octanol–water partition coefficient (Wildman–Crippen LogP) is 2.08. The molecule has 0 spiro atoms. The third kappa shape index (κ3) is 5.19. The van der Waals surface area contributed by atoms with Crippen LogP contribution < -0.4 is 9.64 Å². The summed E-state index contributed by atoms with van der Waals surface area (Å²) in [5.74, 6) is 1.61. The van der Waals surface area contributed by atoms with Gasteiger partial charge in [0.2, 0.25) is 10.0 Å². The Morgan fingerprint density at radius 2 is 1.76 bits per heavy atom. The van der Waals surface area contributed by atoms with Crippen molar-refractivity contribution in [3.8, 4) is 5.75 Å². The van der Waals surface area contributed by atoms with Gasteiger partial charge in [0, 0.05) is 50.8 Å². The lowest BCUT2D eigenvalue weighted by molar-refractivity contribution is 0.0144. The second kappa shape index (κ2) is 8.47. The summed E-state index contributed by atoms with van der Waals surface area (Å²) in [6.45, 7) is 4.93. The van der Waals surface area contributed by atoms with E-state index < -0.39 is 10.0 Å². The van der Waals surface area contributed by atoms with Crippen LogP contribution in [0.25, 0.3) is 0 Å². The van der Waals surface area contributed by atoms with E-state index in [1.54, 1.807) is 6.20 Å². The van der Waals surface area contributed by atoms with Crippen molar-refractivity contribution < 1.29 is 13.2 Å². The minimum Gasteiger partial charge on any atom is -0.486 e. The van der Waals surface area contributed by atoms with Crippen LogP contribution in [-0.2, 0) is 16.6 Å². The third-order valence-electron chi connectivity index (χ3n) is 5.30. The van der Waals surface area contributed by atoms with Gasteiger partial charge in [-0.15, -0.1) is 0 Å². The van der Waals surface area contributed by atoms with Gasteiger partial charge in [0.05, 0.1) is 12.5 Å². The molecular weight excluding hydrogens is 412 g/mol. The number of benzene rings is 1. The lowest BCUT2D eigenvalue weighted by Crippen LogP contribution is -2.53. The zero-order chi connectivity index (χ0) is 20.4. The highest BCUT2D eigenvalue weighted by Crippen LogP contribution is 2.22. The summed E-state index contributed by atoms with van der Waals surface area (Å²) in [6, 6.07) is 11.8. The SMILES string of the molecule is CS(=O)(=O)N1CCN(c2ccc(OC3CN(Cc4ccc(Cl)cc4)C3)cn2)CC1. The zero-order valence-electron chi connectivity index (χ0n) is 16.4. The Labute approximate surface area is 176 Å². The van der Waals surface area contributed by atoms with Crippen molar-refractivity contribution in [3.63, 3.8) is 0 Å². The number of anilines is 1. The molecule has 2 fully saturated rings. The van der Waals surface area contributed by atoms with Crippen molar-refractivity contribution in [2.75, 3.05) is 50.4 Å². The normalized spacial score (nSPS) is 19.2. The van der Waals surface area contributed by atoms with E-state index in [0.717, 1.165) is 36.2 Å². The highest BCUT2D eigenvalue weighted by atomic mass is 35.5. The van der Waals surface area contributed by atoms with Crippen molar-refractivity contribution in [2.45, 2.75) is 12.6 Å². The number of piperazine rings is 1. The lowest BCUT2D eigenvalue weighted by Gasteiger charge is -2.39. The smallest absolute Gasteiger partial charge is 0.211 e. The van der Waals surface area contributed by atoms with Crippen molar-refractivity contribution in [3.05, 3.63) is 53.2 Å². The van der Waals surface area contributed by atoms with Crippen LogP contribution in [0, 0.1) is 0 Å². The molecule has 2 aliphatic heterocycles. The average molecular weight is 437 g/mol. The maximum Gasteiger partial charge on any atom is 0.211 e. The fraction of sp³-hybridized carbons (Fsp3) is 0.450. The van der Waals surface area contributed by atoms with Gasteiger partial charge in [-0.05, 0) is 29.8 Å². The summed E-state index contributed by atoms with van der Waals surface area (Å²) in [7, 11) is -3.12. The fourth-order valence-electron chi connectivity index (χ4n) is 3.64. The standard InChI is InChI=1S/C20H25ClN4O3S/c1-29(26,27)25-10-8-24(9-11-25)20-7-6-18(12-22-20)28-19-14-23(15-19)13-16-2-4-17(21)5-3-16/h2-7,12,19H,8-11,13-15H2,1H3. The van der Waals surface area contributed by atoms with E-state index in [9.17, 15) is 8.42 Å². The number of aromatic nitrogens is 1. The number of nitrogens with zero attached hydrogens (tertiary/aromatic N) is 4. The van der Waals surface area contributed by atoms with Crippen LogP contribution in [0.5, 0.6) is 5.75 Å². The molecule has 2 aliphatic rings. The Kier molecular flexibility index (Phi) is 5.96. The van der Waals surface area contributed by atoms with Gasteiger partial charge in [0.1, 0.15) is 17.7 Å². The summed E-state index contributed by atoms with van der Waals surface area (Å²) in [5.41, 5.74) is 1.25. The molecule has 0 saturated carbocycles. The number of sulfonamides is 1. The first kappa shape index (κ1) is 20.4. The molecule has 0 radical (unpaired) electrons. The summed E-state index contributed by atoms with van der Waals surface area (Å²) >= 11 is 5.93. The molecule has 29 heavy (non-hydrogen) atoms. The van der Waals surface area contributed by atoms with Crippen LogP contribution in [0.2, 0.25) is 5.02 Å². The number of hydrogen-bond donors (Lipinski definition) is 0. The summed E-state index contributed by atoms with van der Waals surface area (Å²) in [4.78, 5) is 8.93. The maximum absolute atomic E-state index is 11.6. The molecule has 1 aromatic carbocycles. The van der Waals surface area contributed by atoms with Gasteiger partial charge >= 0.3 is 0 Å². The monoisotopic (exact) mass is 436 g/mol. The van der Waals surface area contributed by atoms with Crippen molar-refractivity contribution in [1.82, 2.24) is 14.2 Å². The molecule has 2 saturated heterocycles. The molecule has 9 heteroatoms. The molecule has 0 atom stereocenters. The van der Waals surface area contributed by atoms with Gasteiger partial charge in [-0.1, -0.05) is 23.7 Å². The molecule has 2 aromatic rings. The summed E-state index contributed by atoms with van der Waals surface area (Å²) in [5, 5.41) is 0.756. The Morgan fingerprint density at radius 1 is 1.07 bits per heavy atom. The number of pyridine rings is 1. The van der Waals surface area contributed by atoms with Crippen LogP contribution in [0.1, 0.15) is 5.56 Å². The number of halogens is 1. The maximum atomic E-state index is 11.6. The highest BCUT2D eigenvalue weighted by Gasteiger charge is 2.28. The number of hydrogen-bond acceptors (Lipinski definition) is 6. The summed E-state index contributed by atoms with van der Waals surface area (Å²) < 4.78 is 30.7. The van der Waals surface area contributed by atoms with Gasteiger partial charge in [-0.2, -0.15) is 4.31 Å². The average Bonchev–Trinajstić information content (AvgIpc) is 2.68. The Bertz CT molecular complexity index is 923. The first-order valence-corrected chi connectivity index (χ1v) is 11.9. The molecule has 3 heterocycles. The fourth-order valence-corrected chi connectivity index (χ4v) is 4.60. The van der Waals surface area contributed by atoms with Crippen LogP contribution in [-0.4, -0.2) is 74.2 Å². The Morgan fingerprint density at radius 3 is 2.34 bits per heavy atom. The van der Waals surface area contributed by atoms with E-state index in [0.29, 0.717) is 26.2 Å². The van der Waals surface area contributed by atoms with Crippen LogP contribution >= 0.6 is 11.6 Å². The van der Waals surface area contributed by atoms with Gasteiger partial charge in [0.15, 0.2) is 0 Å². The molecule has 0 unspecified atom stereocenters. The zero-order valence-corrected chi connectivity index (χ0v) is 17.9. The van der Waals surface area contributed by atoms with E-state index in [4.69, 9.17) is 16.3 Å². The van der Waals surface area contributed by atoms with Crippen LogP contribution in [0.4, 0.5) is 5.82 Å². The third-order valence-corrected chi connectivity index (χ3v) is 6.85. The van der Waals surface area contributed by atoms with Crippen molar-refractivity contribution >= 4 is 27.4 Å². The molecule has 0 N–H and O–H groups in total. The predicted molar refractivity (Wildman–Crippen MR) is 114 cm³/mol. The molecule has 0 aliphatic carbocycles. The van der Waals surface area contributed by atoms with E-state index in [-0.39, 0.29) is 6.10 Å². The quantitative estimate of drug-likeness (QED) is 0.690. The van der Waals surface area contributed by atoms with Gasteiger partial charge in [-0.3, -0.25) is 4.90 Å². The number of likely N-dealkylation sites (tertiary alicyclic amines) is 1. The second-order valence-corrected chi connectivity index (χ2v) is 9.98. The van der Waals surface area contributed by atoms with Gasteiger partial charge in [-0.25, -0.2) is 13.4 Å². The molecule has 4 rings (SSSR count). The Balaban J connectivity index is 1.23. The van der Waals surface area contributed by atoms with Crippen molar-refractivity contribution in [1.29, 1.82) is 0 Å². The lowest BCUT2D eigenvalue weighted by atomic mass is 10.1. The largest absolute Gasteiger partial charge is 0.486 e. The molecule has 7 nitrogen and oxygen atoms in total. The minimum absolute atomic E-state index is 0.174. The molecular formula is C20H25ClN4O3S. The van der Waals surface area contributed by atoms with E-state index in [1.807, 2.05) is 24.3 Å². The molecule has 156 valence electrons. The number of ether oxygens (including phenoxy) is 1. The second-order valence-electron chi connectivity index (χ2n) is 7.56. The van der Waals surface area contributed by atoms with E-state index in [2.05, 4.69) is 26.9 Å².